The van der Waals surface area contributed by atoms with E-state index in [4.69, 9.17) is 10.5 Å². The van der Waals surface area contributed by atoms with Crippen molar-refractivity contribution < 1.29 is 4.79 Å². The van der Waals surface area contributed by atoms with Gasteiger partial charge in [0.2, 0.25) is 5.91 Å². The van der Waals surface area contributed by atoms with Crippen molar-refractivity contribution in [3.63, 3.8) is 0 Å². The van der Waals surface area contributed by atoms with Crippen LogP contribution >= 0.6 is 0 Å². The van der Waals surface area contributed by atoms with Gasteiger partial charge < -0.3 is 4.90 Å². The molecule has 0 aromatic rings. The summed E-state index contributed by atoms with van der Waals surface area (Å²) in [6, 6.07) is 4.12. The molecule has 15 heavy (non-hydrogen) atoms. The zero-order chi connectivity index (χ0) is 11.5. The quantitative estimate of drug-likeness (QED) is 0.697. The molecule has 1 amide bonds. The van der Waals surface area contributed by atoms with Crippen LogP contribution in [0, 0.1) is 34.0 Å². The standard InChI is InChI=1S/C11H15N3O/c1-9-6-11(7-9,8-13)10(15)14(2)5-3-4-12/h9H,3,5-7H2,1-2H3. The number of nitrogens with zero attached hydrogens (tertiary/aromatic N) is 3. The van der Waals surface area contributed by atoms with Crippen molar-refractivity contribution in [2.75, 3.05) is 13.6 Å². The molecule has 0 atom stereocenters. The highest BCUT2D eigenvalue weighted by Gasteiger charge is 2.50. The van der Waals surface area contributed by atoms with Crippen molar-refractivity contribution >= 4 is 5.91 Å². The summed E-state index contributed by atoms with van der Waals surface area (Å²) in [6.07, 6.45) is 1.62. The van der Waals surface area contributed by atoms with E-state index in [1.807, 2.05) is 13.0 Å². The molecule has 0 unspecified atom stereocenters. The molecule has 1 aliphatic rings. The molecule has 0 bridgehead atoms. The third-order valence-electron chi connectivity index (χ3n) is 2.92. The molecule has 4 nitrogen and oxygen atoms in total. The second-order valence-electron chi connectivity index (χ2n) is 4.34. The molecule has 0 radical (unpaired) electrons. The molecular weight excluding hydrogens is 190 g/mol. The molecule has 1 rings (SSSR count). The average molecular weight is 205 g/mol. The monoisotopic (exact) mass is 205 g/mol. The van der Waals surface area contributed by atoms with Crippen LogP contribution in [0.15, 0.2) is 0 Å². The Bertz CT molecular complexity index is 331. The van der Waals surface area contributed by atoms with Crippen molar-refractivity contribution in [3.8, 4) is 12.1 Å². The van der Waals surface area contributed by atoms with Gasteiger partial charge in [0.1, 0.15) is 5.41 Å². The van der Waals surface area contributed by atoms with Gasteiger partial charge in [-0.2, -0.15) is 10.5 Å². The predicted molar refractivity (Wildman–Crippen MR) is 54.3 cm³/mol. The van der Waals surface area contributed by atoms with E-state index in [1.165, 1.54) is 4.90 Å². The van der Waals surface area contributed by atoms with Gasteiger partial charge in [0.15, 0.2) is 0 Å². The molecule has 0 heterocycles. The van der Waals surface area contributed by atoms with E-state index in [-0.39, 0.29) is 5.91 Å². The fraction of sp³-hybridized carbons (Fsp3) is 0.727. The summed E-state index contributed by atoms with van der Waals surface area (Å²) in [5.41, 5.74) is -0.802. The van der Waals surface area contributed by atoms with Crippen LogP contribution in [-0.4, -0.2) is 24.4 Å². The number of hydrogen-bond acceptors (Lipinski definition) is 3. The van der Waals surface area contributed by atoms with Crippen molar-refractivity contribution in [1.82, 2.24) is 4.90 Å². The first kappa shape index (κ1) is 11.5. The smallest absolute Gasteiger partial charge is 0.242 e. The summed E-state index contributed by atoms with van der Waals surface area (Å²) < 4.78 is 0. The van der Waals surface area contributed by atoms with Gasteiger partial charge in [-0.1, -0.05) is 6.92 Å². The molecular formula is C11H15N3O. The lowest BCUT2D eigenvalue weighted by molar-refractivity contribution is -0.143. The lowest BCUT2D eigenvalue weighted by Gasteiger charge is -2.41. The number of rotatable bonds is 3. The summed E-state index contributed by atoms with van der Waals surface area (Å²) >= 11 is 0. The molecule has 80 valence electrons. The summed E-state index contributed by atoms with van der Waals surface area (Å²) in [6.45, 7) is 2.45. The Morgan fingerprint density at radius 1 is 1.53 bits per heavy atom. The minimum absolute atomic E-state index is 0.127. The molecule has 0 spiro atoms. The van der Waals surface area contributed by atoms with Crippen molar-refractivity contribution in [2.45, 2.75) is 26.2 Å². The van der Waals surface area contributed by atoms with Crippen LogP contribution < -0.4 is 0 Å². The van der Waals surface area contributed by atoms with Crippen LogP contribution in [0.3, 0.4) is 0 Å². The highest BCUT2D eigenvalue weighted by atomic mass is 16.2. The van der Waals surface area contributed by atoms with E-state index in [2.05, 4.69) is 6.07 Å². The summed E-state index contributed by atoms with van der Waals surface area (Å²) in [5.74, 6) is 0.330. The third kappa shape index (κ3) is 2.10. The molecule has 1 saturated carbocycles. The average Bonchev–Trinajstić information content (AvgIpc) is 2.20. The molecule has 0 aliphatic heterocycles. The Morgan fingerprint density at radius 3 is 2.53 bits per heavy atom. The van der Waals surface area contributed by atoms with E-state index in [0.717, 1.165) is 0 Å². The van der Waals surface area contributed by atoms with E-state index < -0.39 is 5.41 Å². The van der Waals surface area contributed by atoms with E-state index >= 15 is 0 Å². The second-order valence-corrected chi connectivity index (χ2v) is 4.34. The Morgan fingerprint density at radius 2 is 2.13 bits per heavy atom. The summed E-state index contributed by atoms with van der Waals surface area (Å²) in [7, 11) is 1.65. The summed E-state index contributed by atoms with van der Waals surface area (Å²) in [5, 5.41) is 17.5. The zero-order valence-electron chi connectivity index (χ0n) is 9.16. The molecule has 0 aromatic carbocycles. The van der Waals surface area contributed by atoms with Crippen LogP contribution in [0.5, 0.6) is 0 Å². The topological polar surface area (TPSA) is 67.9 Å². The fourth-order valence-electron chi connectivity index (χ4n) is 2.13. The molecule has 1 aliphatic carbocycles. The van der Waals surface area contributed by atoms with Gasteiger partial charge in [-0.05, 0) is 18.8 Å². The van der Waals surface area contributed by atoms with Crippen LogP contribution in [0.2, 0.25) is 0 Å². The van der Waals surface area contributed by atoms with Gasteiger partial charge in [-0.25, -0.2) is 0 Å². The first-order valence-corrected chi connectivity index (χ1v) is 5.09. The van der Waals surface area contributed by atoms with Gasteiger partial charge in [-0.3, -0.25) is 4.79 Å². The number of nitriles is 2. The number of carbonyl (C=O) groups is 1. The number of carbonyl (C=O) groups excluding carboxylic acids is 1. The maximum atomic E-state index is 11.9. The number of hydrogen-bond donors (Lipinski definition) is 0. The third-order valence-corrected chi connectivity index (χ3v) is 2.92. The van der Waals surface area contributed by atoms with Gasteiger partial charge >= 0.3 is 0 Å². The van der Waals surface area contributed by atoms with Crippen molar-refractivity contribution in [1.29, 1.82) is 10.5 Å². The van der Waals surface area contributed by atoms with Gasteiger partial charge in [0.25, 0.3) is 0 Å². The zero-order valence-corrected chi connectivity index (χ0v) is 9.16. The van der Waals surface area contributed by atoms with E-state index in [1.54, 1.807) is 7.05 Å². The first-order chi connectivity index (χ1) is 7.05. The van der Waals surface area contributed by atoms with Gasteiger partial charge in [0, 0.05) is 13.6 Å². The molecule has 0 aromatic heterocycles. The van der Waals surface area contributed by atoms with Crippen LogP contribution in [-0.2, 0) is 4.79 Å². The van der Waals surface area contributed by atoms with Crippen molar-refractivity contribution in [2.24, 2.45) is 11.3 Å². The van der Waals surface area contributed by atoms with E-state index in [9.17, 15) is 4.79 Å². The minimum atomic E-state index is -0.802. The fourth-order valence-corrected chi connectivity index (χ4v) is 2.13. The van der Waals surface area contributed by atoms with Crippen molar-refractivity contribution in [3.05, 3.63) is 0 Å². The van der Waals surface area contributed by atoms with Crippen LogP contribution in [0.25, 0.3) is 0 Å². The lowest BCUT2D eigenvalue weighted by atomic mass is 9.63. The SMILES string of the molecule is CC1CC(C#N)(C(=O)N(C)CCC#N)C1. The largest absolute Gasteiger partial charge is 0.343 e. The van der Waals surface area contributed by atoms with Gasteiger partial charge in [-0.15, -0.1) is 0 Å². The maximum Gasteiger partial charge on any atom is 0.242 e. The maximum absolute atomic E-state index is 11.9. The molecule has 4 heteroatoms. The number of amides is 1. The lowest BCUT2D eigenvalue weighted by Crippen LogP contribution is -2.48. The first-order valence-electron chi connectivity index (χ1n) is 5.09. The van der Waals surface area contributed by atoms with E-state index in [0.29, 0.717) is 31.7 Å². The van der Waals surface area contributed by atoms with Crippen LogP contribution in [0.1, 0.15) is 26.2 Å². The predicted octanol–water partition coefficient (Wildman–Crippen LogP) is 1.30. The highest BCUT2D eigenvalue weighted by Crippen LogP contribution is 2.46. The molecule has 0 N–H and O–H groups in total. The van der Waals surface area contributed by atoms with Crippen LogP contribution in [0.4, 0.5) is 0 Å². The second kappa shape index (κ2) is 4.31. The Balaban J connectivity index is 2.60. The highest BCUT2D eigenvalue weighted by molar-refractivity contribution is 5.86. The normalized spacial score (nSPS) is 28.4. The Kier molecular flexibility index (Phi) is 3.31. The summed E-state index contributed by atoms with van der Waals surface area (Å²) in [4.78, 5) is 13.4. The van der Waals surface area contributed by atoms with Gasteiger partial charge in [0.05, 0.1) is 18.6 Å². The minimum Gasteiger partial charge on any atom is -0.343 e. The molecule has 0 saturated heterocycles. The Labute approximate surface area is 90.1 Å². The Hall–Kier alpha value is -1.55. The molecule has 1 fully saturated rings.